The lowest BCUT2D eigenvalue weighted by Crippen LogP contribution is -2.30. The number of rotatable bonds is 1. The van der Waals surface area contributed by atoms with Gasteiger partial charge in [-0.3, -0.25) is 9.59 Å². The van der Waals surface area contributed by atoms with Crippen molar-refractivity contribution in [1.29, 1.82) is 0 Å². The third-order valence-corrected chi connectivity index (χ3v) is 3.63. The number of aromatic nitrogens is 1. The van der Waals surface area contributed by atoms with Crippen molar-refractivity contribution < 1.29 is 4.79 Å². The van der Waals surface area contributed by atoms with E-state index in [9.17, 15) is 9.59 Å². The third kappa shape index (κ3) is 2.25. The van der Waals surface area contributed by atoms with Gasteiger partial charge in [-0.15, -0.1) is 0 Å². The summed E-state index contributed by atoms with van der Waals surface area (Å²) in [4.78, 5) is 25.5. The normalized spacial score (nSPS) is 24.1. The molecule has 17 heavy (non-hydrogen) atoms. The molecule has 0 N–H and O–H groups in total. The number of nitrogens with zero attached hydrogens (tertiary/aromatic N) is 2. The van der Waals surface area contributed by atoms with Gasteiger partial charge >= 0.3 is 0 Å². The number of hydrogen-bond acceptors (Lipinski definition) is 2. The second kappa shape index (κ2) is 4.35. The highest BCUT2D eigenvalue weighted by Gasteiger charge is 2.29. The number of likely N-dealkylation sites (tertiary alicyclic amines) is 1. The Bertz CT molecular complexity index is 482. The van der Waals surface area contributed by atoms with Gasteiger partial charge in [0.25, 0.3) is 11.5 Å². The van der Waals surface area contributed by atoms with Crippen molar-refractivity contribution in [2.75, 3.05) is 13.1 Å². The molecule has 2 atom stereocenters. The van der Waals surface area contributed by atoms with Gasteiger partial charge in [-0.2, -0.15) is 0 Å². The largest absolute Gasteiger partial charge is 0.338 e. The molecule has 1 aromatic rings. The van der Waals surface area contributed by atoms with Gasteiger partial charge in [-0.1, -0.05) is 13.8 Å². The van der Waals surface area contributed by atoms with Crippen LogP contribution in [0.5, 0.6) is 0 Å². The zero-order valence-corrected chi connectivity index (χ0v) is 10.5. The molecule has 0 aromatic carbocycles. The molecule has 0 spiro atoms. The molecule has 4 heteroatoms. The maximum atomic E-state index is 12.2. The van der Waals surface area contributed by atoms with Crippen molar-refractivity contribution in [3.8, 4) is 0 Å². The van der Waals surface area contributed by atoms with Crippen molar-refractivity contribution in [2.45, 2.75) is 13.8 Å². The summed E-state index contributed by atoms with van der Waals surface area (Å²) >= 11 is 0. The van der Waals surface area contributed by atoms with Gasteiger partial charge < -0.3 is 9.47 Å². The molecule has 0 aliphatic carbocycles. The highest BCUT2D eigenvalue weighted by Crippen LogP contribution is 2.23. The summed E-state index contributed by atoms with van der Waals surface area (Å²) in [5, 5.41) is 0. The van der Waals surface area contributed by atoms with E-state index in [2.05, 4.69) is 13.8 Å². The van der Waals surface area contributed by atoms with Crippen LogP contribution in [0.2, 0.25) is 0 Å². The van der Waals surface area contributed by atoms with Crippen LogP contribution >= 0.6 is 0 Å². The minimum absolute atomic E-state index is 0.0288. The van der Waals surface area contributed by atoms with Crippen LogP contribution in [0.4, 0.5) is 0 Å². The zero-order chi connectivity index (χ0) is 12.6. The fraction of sp³-hybridized carbons (Fsp3) is 0.538. The van der Waals surface area contributed by atoms with Crippen molar-refractivity contribution in [3.05, 3.63) is 34.2 Å². The molecule has 4 nitrogen and oxygen atoms in total. The highest BCUT2D eigenvalue weighted by molar-refractivity contribution is 5.94. The average molecular weight is 234 g/mol. The second-order valence-corrected chi connectivity index (χ2v) is 5.03. The van der Waals surface area contributed by atoms with E-state index < -0.39 is 0 Å². The molecule has 1 aliphatic heterocycles. The number of carbonyl (C=O) groups is 1. The van der Waals surface area contributed by atoms with E-state index in [1.54, 1.807) is 19.3 Å². The molecule has 2 unspecified atom stereocenters. The lowest BCUT2D eigenvalue weighted by Gasteiger charge is -2.15. The predicted molar refractivity (Wildman–Crippen MR) is 65.9 cm³/mol. The summed E-state index contributed by atoms with van der Waals surface area (Å²) in [6.45, 7) is 5.88. The topological polar surface area (TPSA) is 42.3 Å². The number of hydrogen-bond donors (Lipinski definition) is 0. The van der Waals surface area contributed by atoms with E-state index in [-0.39, 0.29) is 11.5 Å². The average Bonchev–Trinajstić information content (AvgIpc) is 2.62. The summed E-state index contributed by atoms with van der Waals surface area (Å²) in [5.41, 5.74) is 0.352. The number of amides is 1. The van der Waals surface area contributed by atoms with Crippen LogP contribution in [0, 0.1) is 11.8 Å². The van der Waals surface area contributed by atoms with E-state index >= 15 is 0 Å². The Labute approximate surface area is 101 Å². The molecule has 1 aromatic heterocycles. The van der Waals surface area contributed by atoms with Crippen LogP contribution in [0.25, 0.3) is 0 Å². The predicted octanol–water partition coefficient (Wildman–Crippen LogP) is 1.11. The van der Waals surface area contributed by atoms with E-state index in [0.717, 1.165) is 13.1 Å². The monoisotopic (exact) mass is 234 g/mol. The molecule has 0 radical (unpaired) electrons. The highest BCUT2D eigenvalue weighted by atomic mass is 16.2. The van der Waals surface area contributed by atoms with E-state index in [0.29, 0.717) is 17.4 Å². The molecule has 1 saturated heterocycles. The van der Waals surface area contributed by atoms with E-state index in [1.165, 1.54) is 10.6 Å². The molecule has 92 valence electrons. The van der Waals surface area contributed by atoms with E-state index in [4.69, 9.17) is 0 Å². The third-order valence-electron chi connectivity index (χ3n) is 3.63. The number of pyridine rings is 1. The summed E-state index contributed by atoms with van der Waals surface area (Å²) in [5.74, 6) is 1.04. The van der Waals surface area contributed by atoms with Crippen LogP contribution in [-0.4, -0.2) is 28.5 Å². The fourth-order valence-electron chi connectivity index (χ4n) is 2.16. The zero-order valence-electron chi connectivity index (χ0n) is 10.5. The SMILES string of the molecule is CC1CN(C(=O)c2ccn(C)c(=O)c2)CC1C. The Morgan fingerprint density at radius 2 is 1.88 bits per heavy atom. The van der Waals surface area contributed by atoms with Crippen LogP contribution in [0.3, 0.4) is 0 Å². The van der Waals surface area contributed by atoms with Crippen LogP contribution in [0.1, 0.15) is 24.2 Å². The van der Waals surface area contributed by atoms with Crippen molar-refractivity contribution >= 4 is 5.91 Å². The standard InChI is InChI=1S/C13H18N2O2/c1-9-7-15(8-10(9)2)13(17)11-4-5-14(3)12(16)6-11/h4-6,9-10H,7-8H2,1-3H3. The maximum absolute atomic E-state index is 12.2. The lowest BCUT2D eigenvalue weighted by molar-refractivity contribution is 0.0784. The summed E-state index contributed by atoms with van der Waals surface area (Å²) in [6, 6.07) is 3.12. The molecule has 2 rings (SSSR count). The van der Waals surface area contributed by atoms with Crippen LogP contribution in [-0.2, 0) is 7.05 Å². The second-order valence-electron chi connectivity index (χ2n) is 5.03. The first kappa shape index (κ1) is 11.9. The Kier molecular flexibility index (Phi) is 3.05. The molecule has 0 saturated carbocycles. The minimum atomic E-state index is -0.142. The van der Waals surface area contributed by atoms with E-state index in [1.807, 2.05) is 4.90 Å². The van der Waals surface area contributed by atoms with Gasteiger partial charge in [-0.05, 0) is 17.9 Å². The smallest absolute Gasteiger partial charge is 0.254 e. The molecule has 0 bridgehead atoms. The molecule has 2 heterocycles. The molecular formula is C13H18N2O2. The Morgan fingerprint density at radius 3 is 2.41 bits per heavy atom. The summed E-state index contributed by atoms with van der Waals surface area (Å²) in [7, 11) is 1.68. The Hall–Kier alpha value is -1.58. The maximum Gasteiger partial charge on any atom is 0.254 e. The van der Waals surface area contributed by atoms with Crippen molar-refractivity contribution in [2.24, 2.45) is 18.9 Å². The Balaban J connectivity index is 2.20. The molecule has 1 fully saturated rings. The van der Waals surface area contributed by atoms with Gasteiger partial charge in [0, 0.05) is 38.0 Å². The number of carbonyl (C=O) groups excluding carboxylic acids is 1. The van der Waals surface area contributed by atoms with Gasteiger partial charge in [0.2, 0.25) is 0 Å². The Morgan fingerprint density at radius 1 is 1.29 bits per heavy atom. The van der Waals surface area contributed by atoms with Crippen molar-refractivity contribution in [1.82, 2.24) is 9.47 Å². The summed E-state index contributed by atoms with van der Waals surface area (Å²) in [6.07, 6.45) is 1.64. The fourth-order valence-corrected chi connectivity index (χ4v) is 2.16. The quantitative estimate of drug-likeness (QED) is 0.730. The first-order chi connectivity index (χ1) is 7.99. The molecule has 1 aliphatic rings. The van der Waals surface area contributed by atoms with Crippen LogP contribution in [0.15, 0.2) is 23.1 Å². The van der Waals surface area contributed by atoms with Gasteiger partial charge in [0.1, 0.15) is 0 Å². The minimum Gasteiger partial charge on any atom is -0.338 e. The van der Waals surface area contributed by atoms with Gasteiger partial charge in [0.15, 0.2) is 0 Å². The van der Waals surface area contributed by atoms with Gasteiger partial charge in [0.05, 0.1) is 0 Å². The van der Waals surface area contributed by atoms with Crippen LogP contribution < -0.4 is 5.56 Å². The number of aryl methyl sites for hydroxylation is 1. The lowest BCUT2D eigenvalue weighted by atomic mass is 10.0. The first-order valence-corrected chi connectivity index (χ1v) is 5.95. The van der Waals surface area contributed by atoms with Crippen molar-refractivity contribution in [3.63, 3.8) is 0 Å². The summed E-state index contributed by atoms with van der Waals surface area (Å²) < 4.78 is 1.46. The van der Waals surface area contributed by atoms with Gasteiger partial charge in [-0.25, -0.2) is 0 Å². The first-order valence-electron chi connectivity index (χ1n) is 5.95. The molecule has 1 amide bonds. The molecular weight excluding hydrogens is 216 g/mol.